The molecule has 0 unspecified atom stereocenters. The molecule has 0 bridgehead atoms. The fourth-order valence-electron chi connectivity index (χ4n) is 5.18. The molecule has 0 spiro atoms. The number of ether oxygens (including phenoxy) is 1. The van der Waals surface area contributed by atoms with Crippen LogP contribution in [-0.4, -0.2) is 12.6 Å². The standard InChI is InChI=1S/C41H36O2/c1-2-3-31-43-38(42)30-29-37(32-19-9-4-10-20-32)40(35-25-15-7-16-26-35)41(36-27-17-8-18-28-36)39(33-21-11-5-12-22-33)34-23-13-6-14-24-34/h4-30H,2-3,31H2,1H3/b30-29+,40-37+. The summed E-state index contributed by atoms with van der Waals surface area (Å²) >= 11 is 0. The highest BCUT2D eigenvalue weighted by molar-refractivity contribution is 6.25. The quantitative estimate of drug-likeness (QED) is 0.0528. The Morgan fingerprint density at radius 3 is 1.35 bits per heavy atom. The Balaban J connectivity index is 1.92. The van der Waals surface area contributed by atoms with Gasteiger partial charge < -0.3 is 4.74 Å². The first-order valence-corrected chi connectivity index (χ1v) is 14.9. The lowest BCUT2D eigenvalue weighted by molar-refractivity contribution is -0.137. The molecule has 2 heteroatoms. The molecular formula is C41H36O2. The summed E-state index contributed by atoms with van der Waals surface area (Å²) in [5.74, 6) is -0.342. The maximum atomic E-state index is 12.9. The first kappa shape index (κ1) is 29.3. The van der Waals surface area contributed by atoms with Crippen molar-refractivity contribution in [1.29, 1.82) is 0 Å². The van der Waals surface area contributed by atoms with E-state index in [0.29, 0.717) is 6.61 Å². The van der Waals surface area contributed by atoms with Crippen molar-refractivity contribution in [2.24, 2.45) is 0 Å². The summed E-state index contributed by atoms with van der Waals surface area (Å²) in [6, 6.07) is 52.3. The van der Waals surface area contributed by atoms with Crippen LogP contribution in [0.4, 0.5) is 0 Å². The smallest absolute Gasteiger partial charge is 0.330 e. The van der Waals surface area contributed by atoms with Crippen LogP contribution in [0.25, 0.3) is 22.3 Å². The molecule has 0 aliphatic rings. The summed E-state index contributed by atoms with van der Waals surface area (Å²) < 4.78 is 5.53. The lowest BCUT2D eigenvalue weighted by Crippen LogP contribution is -2.03. The maximum absolute atomic E-state index is 12.9. The molecule has 0 atom stereocenters. The van der Waals surface area contributed by atoms with E-state index in [9.17, 15) is 4.79 Å². The van der Waals surface area contributed by atoms with Gasteiger partial charge in [-0.15, -0.1) is 0 Å². The van der Waals surface area contributed by atoms with Crippen LogP contribution in [0.1, 0.15) is 47.6 Å². The summed E-state index contributed by atoms with van der Waals surface area (Å²) in [7, 11) is 0. The lowest BCUT2D eigenvalue weighted by Gasteiger charge is -2.23. The van der Waals surface area contributed by atoms with E-state index in [1.165, 1.54) is 0 Å². The highest BCUT2D eigenvalue weighted by Gasteiger charge is 2.22. The van der Waals surface area contributed by atoms with Gasteiger partial charge in [-0.1, -0.05) is 165 Å². The van der Waals surface area contributed by atoms with E-state index in [2.05, 4.69) is 116 Å². The SMILES string of the molecule is CCCCOC(=O)/C=C/C(=C(\C(=C(c1ccccc1)c1ccccc1)c1ccccc1)c1ccccc1)c1ccccc1. The van der Waals surface area contributed by atoms with Crippen molar-refractivity contribution in [3.05, 3.63) is 192 Å². The van der Waals surface area contributed by atoms with E-state index in [-0.39, 0.29) is 5.97 Å². The molecule has 0 amide bonds. The van der Waals surface area contributed by atoms with Gasteiger partial charge in [0.25, 0.3) is 0 Å². The number of carbonyl (C=O) groups is 1. The van der Waals surface area contributed by atoms with Gasteiger partial charge in [0.1, 0.15) is 0 Å². The molecule has 0 saturated carbocycles. The Bertz CT molecular complexity index is 1640. The maximum Gasteiger partial charge on any atom is 0.330 e. The van der Waals surface area contributed by atoms with Gasteiger partial charge in [-0.2, -0.15) is 0 Å². The highest BCUT2D eigenvalue weighted by Crippen LogP contribution is 2.44. The van der Waals surface area contributed by atoms with Gasteiger partial charge in [-0.3, -0.25) is 0 Å². The monoisotopic (exact) mass is 560 g/mol. The minimum atomic E-state index is -0.342. The van der Waals surface area contributed by atoms with E-state index in [1.54, 1.807) is 6.08 Å². The third-order valence-corrected chi connectivity index (χ3v) is 7.23. The van der Waals surface area contributed by atoms with Gasteiger partial charge in [0.05, 0.1) is 6.61 Å². The highest BCUT2D eigenvalue weighted by atomic mass is 16.5. The molecule has 5 aromatic carbocycles. The number of rotatable bonds is 11. The number of hydrogen-bond acceptors (Lipinski definition) is 2. The molecule has 0 aromatic heterocycles. The number of carbonyl (C=O) groups excluding carboxylic acids is 1. The van der Waals surface area contributed by atoms with E-state index < -0.39 is 0 Å². The average Bonchev–Trinajstić information content (AvgIpc) is 3.08. The second kappa shape index (κ2) is 15.1. The van der Waals surface area contributed by atoms with Crippen molar-refractivity contribution >= 4 is 28.3 Å². The number of benzene rings is 5. The van der Waals surface area contributed by atoms with Crippen molar-refractivity contribution in [3.8, 4) is 0 Å². The van der Waals surface area contributed by atoms with Crippen molar-refractivity contribution in [3.63, 3.8) is 0 Å². The number of hydrogen-bond donors (Lipinski definition) is 0. The average molecular weight is 561 g/mol. The second-order valence-corrected chi connectivity index (χ2v) is 10.2. The molecule has 0 heterocycles. The van der Waals surface area contributed by atoms with Gasteiger partial charge in [-0.05, 0) is 62.6 Å². The summed E-state index contributed by atoms with van der Waals surface area (Å²) in [6.45, 7) is 2.50. The third kappa shape index (κ3) is 7.55. The van der Waals surface area contributed by atoms with Crippen LogP contribution in [0.15, 0.2) is 164 Å². The molecule has 0 radical (unpaired) electrons. The van der Waals surface area contributed by atoms with Gasteiger partial charge in [0, 0.05) is 6.08 Å². The Hall–Kier alpha value is -5.21. The Kier molecular flexibility index (Phi) is 10.3. The van der Waals surface area contributed by atoms with Crippen LogP contribution in [-0.2, 0) is 9.53 Å². The first-order chi connectivity index (χ1) is 21.3. The van der Waals surface area contributed by atoms with E-state index in [4.69, 9.17) is 4.74 Å². The Morgan fingerprint density at radius 1 is 0.512 bits per heavy atom. The van der Waals surface area contributed by atoms with Crippen molar-refractivity contribution in [2.75, 3.05) is 6.61 Å². The van der Waals surface area contributed by atoms with Gasteiger partial charge in [0.2, 0.25) is 0 Å². The van der Waals surface area contributed by atoms with Crippen LogP contribution >= 0.6 is 0 Å². The summed E-state index contributed by atoms with van der Waals surface area (Å²) in [5.41, 5.74) is 9.50. The van der Waals surface area contributed by atoms with Crippen LogP contribution in [0.3, 0.4) is 0 Å². The van der Waals surface area contributed by atoms with Crippen molar-refractivity contribution in [1.82, 2.24) is 0 Å². The molecule has 0 aliphatic carbocycles. The number of unbranched alkanes of at least 4 members (excludes halogenated alkanes) is 1. The molecule has 0 aliphatic heterocycles. The molecular weight excluding hydrogens is 524 g/mol. The summed E-state index contributed by atoms with van der Waals surface area (Å²) in [4.78, 5) is 12.9. The minimum absolute atomic E-state index is 0.342. The zero-order valence-corrected chi connectivity index (χ0v) is 24.5. The fraction of sp³-hybridized carbons (Fsp3) is 0.0976. The summed E-state index contributed by atoms with van der Waals surface area (Å²) in [6.07, 6.45) is 5.29. The third-order valence-electron chi connectivity index (χ3n) is 7.23. The van der Waals surface area contributed by atoms with Crippen LogP contribution in [0.5, 0.6) is 0 Å². The van der Waals surface area contributed by atoms with Gasteiger partial charge in [-0.25, -0.2) is 4.79 Å². The molecule has 2 nitrogen and oxygen atoms in total. The van der Waals surface area contributed by atoms with Crippen molar-refractivity contribution < 1.29 is 9.53 Å². The summed E-state index contributed by atoms with van der Waals surface area (Å²) in [5, 5.41) is 0. The lowest BCUT2D eigenvalue weighted by atomic mass is 9.80. The fourth-order valence-corrected chi connectivity index (χ4v) is 5.18. The topological polar surface area (TPSA) is 26.3 Å². The predicted octanol–water partition coefficient (Wildman–Crippen LogP) is 10.2. The number of allylic oxidation sites excluding steroid dienone is 4. The van der Waals surface area contributed by atoms with Crippen LogP contribution in [0, 0.1) is 0 Å². The number of esters is 1. The van der Waals surface area contributed by atoms with E-state index in [1.807, 2.05) is 48.5 Å². The van der Waals surface area contributed by atoms with Crippen LogP contribution < -0.4 is 0 Å². The molecule has 0 N–H and O–H groups in total. The zero-order chi connectivity index (χ0) is 29.7. The largest absolute Gasteiger partial charge is 0.463 e. The van der Waals surface area contributed by atoms with Crippen LogP contribution in [0.2, 0.25) is 0 Å². The molecule has 5 aromatic rings. The Labute approximate surface area is 255 Å². The molecule has 0 saturated heterocycles. The first-order valence-electron chi connectivity index (χ1n) is 14.9. The molecule has 212 valence electrons. The predicted molar refractivity (Wildman–Crippen MR) is 180 cm³/mol. The van der Waals surface area contributed by atoms with E-state index in [0.717, 1.165) is 63.0 Å². The normalized spacial score (nSPS) is 11.6. The van der Waals surface area contributed by atoms with Gasteiger partial charge in [0.15, 0.2) is 0 Å². The van der Waals surface area contributed by atoms with Gasteiger partial charge >= 0.3 is 5.97 Å². The second-order valence-electron chi connectivity index (χ2n) is 10.2. The minimum Gasteiger partial charge on any atom is -0.463 e. The molecule has 43 heavy (non-hydrogen) atoms. The molecule has 5 rings (SSSR count). The zero-order valence-electron chi connectivity index (χ0n) is 24.5. The van der Waals surface area contributed by atoms with Crippen molar-refractivity contribution in [2.45, 2.75) is 19.8 Å². The Morgan fingerprint density at radius 2 is 0.907 bits per heavy atom. The molecule has 0 fully saturated rings. The van der Waals surface area contributed by atoms with E-state index >= 15 is 0 Å².